The SMILES string of the molecule is C=CCNS(=O)(=O)c1ccc(OCC(=O)OC)c(CC)c1. The van der Waals surface area contributed by atoms with Gasteiger partial charge in [0, 0.05) is 6.54 Å². The Morgan fingerprint density at radius 3 is 2.71 bits per heavy atom. The van der Waals surface area contributed by atoms with Crippen LogP contribution >= 0.6 is 0 Å². The lowest BCUT2D eigenvalue weighted by Crippen LogP contribution is -2.23. The molecule has 0 saturated carbocycles. The van der Waals surface area contributed by atoms with E-state index in [9.17, 15) is 13.2 Å². The van der Waals surface area contributed by atoms with Crippen LogP contribution in [0.15, 0.2) is 35.7 Å². The Hall–Kier alpha value is -1.86. The molecule has 0 saturated heterocycles. The summed E-state index contributed by atoms with van der Waals surface area (Å²) in [7, 11) is -2.30. The Labute approximate surface area is 124 Å². The number of nitrogens with one attached hydrogen (secondary N) is 1. The molecular formula is C14H19NO5S. The fourth-order valence-electron chi connectivity index (χ4n) is 1.59. The van der Waals surface area contributed by atoms with Gasteiger partial charge in [0.25, 0.3) is 0 Å². The summed E-state index contributed by atoms with van der Waals surface area (Å²) in [5, 5.41) is 0. The van der Waals surface area contributed by atoms with Crippen molar-refractivity contribution in [1.29, 1.82) is 0 Å². The van der Waals surface area contributed by atoms with E-state index in [1.165, 1.54) is 31.4 Å². The number of hydrogen-bond donors (Lipinski definition) is 1. The van der Waals surface area contributed by atoms with Gasteiger partial charge in [-0.2, -0.15) is 0 Å². The molecule has 0 heterocycles. The zero-order valence-electron chi connectivity index (χ0n) is 12.1. The average Bonchev–Trinajstić information content (AvgIpc) is 2.50. The minimum absolute atomic E-state index is 0.145. The monoisotopic (exact) mass is 313 g/mol. The van der Waals surface area contributed by atoms with Gasteiger partial charge in [-0.25, -0.2) is 17.9 Å². The lowest BCUT2D eigenvalue weighted by Gasteiger charge is -2.12. The summed E-state index contributed by atoms with van der Waals surface area (Å²) in [6, 6.07) is 4.49. The molecule has 1 aromatic carbocycles. The first-order valence-corrected chi connectivity index (χ1v) is 7.86. The van der Waals surface area contributed by atoms with Crippen LogP contribution in [-0.2, 0) is 26.0 Å². The molecule has 116 valence electrons. The van der Waals surface area contributed by atoms with Crippen LogP contribution in [0.3, 0.4) is 0 Å². The Kier molecular flexibility index (Phi) is 6.39. The third kappa shape index (κ3) is 4.87. The maximum atomic E-state index is 12.0. The molecule has 0 radical (unpaired) electrons. The Morgan fingerprint density at radius 1 is 1.43 bits per heavy atom. The van der Waals surface area contributed by atoms with Crippen molar-refractivity contribution in [2.75, 3.05) is 20.3 Å². The van der Waals surface area contributed by atoms with Crippen molar-refractivity contribution in [3.8, 4) is 5.75 Å². The van der Waals surface area contributed by atoms with Crippen molar-refractivity contribution >= 4 is 16.0 Å². The quantitative estimate of drug-likeness (QED) is 0.577. The zero-order valence-corrected chi connectivity index (χ0v) is 12.9. The normalized spacial score (nSPS) is 11.0. The number of methoxy groups -OCH3 is 1. The van der Waals surface area contributed by atoms with Gasteiger partial charge in [-0.1, -0.05) is 13.0 Å². The average molecular weight is 313 g/mol. The maximum absolute atomic E-state index is 12.0. The van der Waals surface area contributed by atoms with Crippen LogP contribution in [0.5, 0.6) is 5.75 Å². The Balaban J connectivity index is 2.97. The van der Waals surface area contributed by atoms with Gasteiger partial charge in [0.05, 0.1) is 12.0 Å². The Bertz CT molecular complexity index is 610. The largest absolute Gasteiger partial charge is 0.482 e. The van der Waals surface area contributed by atoms with E-state index in [1.807, 2.05) is 6.92 Å². The zero-order chi connectivity index (χ0) is 15.9. The van der Waals surface area contributed by atoms with Crippen LogP contribution in [-0.4, -0.2) is 34.6 Å². The second-order valence-electron chi connectivity index (χ2n) is 4.13. The maximum Gasteiger partial charge on any atom is 0.343 e. The van der Waals surface area contributed by atoms with Crippen LogP contribution in [0, 0.1) is 0 Å². The van der Waals surface area contributed by atoms with Gasteiger partial charge in [-0.15, -0.1) is 6.58 Å². The molecule has 0 spiro atoms. The lowest BCUT2D eigenvalue weighted by atomic mass is 10.1. The van der Waals surface area contributed by atoms with Crippen molar-refractivity contribution in [3.63, 3.8) is 0 Å². The summed E-state index contributed by atoms with van der Waals surface area (Å²) < 4.78 is 36.2. The molecule has 0 atom stereocenters. The molecule has 1 aromatic rings. The van der Waals surface area contributed by atoms with Crippen molar-refractivity contribution in [2.45, 2.75) is 18.2 Å². The van der Waals surface area contributed by atoms with Crippen LogP contribution in [0.1, 0.15) is 12.5 Å². The Morgan fingerprint density at radius 2 is 2.14 bits per heavy atom. The number of rotatable bonds is 8. The fourth-order valence-corrected chi connectivity index (χ4v) is 2.64. The van der Waals surface area contributed by atoms with Crippen molar-refractivity contribution in [3.05, 3.63) is 36.4 Å². The van der Waals surface area contributed by atoms with E-state index in [4.69, 9.17) is 4.74 Å². The first-order valence-electron chi connectivity index (χ1n) is 6.37. The van der Waals surface area contributed by atoms with Gasteiger partial charge >= 0.3 is 5.97 Å². The van der Waals surface area contributed by atoms with Crippen molar-refractivity contribution in [2.24, 2.45) is 0 Å². The topological polar surface area (TPSA) is 81.7 Å². The highest BCUT2D eigenvalue weighted by atomic mass is 32.2. The lowest BCUT2D eigenvalue weighted by molar-refractivity contribution is -0.142. The molecule has 0 unspecified atom stereocenters. The predicted octanol–water partition coefficient (Wildman–Crippen LogP) is 1.27. The van der Waals surface area contributed by atoms with Crippen LogP contribution in [0.25, 0.3) is 0 Å². The standard InChI is InChI=1S/C14H19NO5S/c1-4-8-15-21(17,18)12-6-7-13(11(5-2)9-12)20-10-14(16)19-3/h4,6-7,9,15H,1,5,8,10H2,2-3H3. The molecule has 1 rings (SSSR count). The van der Waals surface area contributed by atoms with E-state index in [2.05, 4.69) is 16.0 Å². The van der Waals surface area contributed by atoms with E-state index >= 15 is 0 Å². The molecule has 0 aliphatic carbocycles. The third-order valence-corrected chi connectivity index (χ3v) is 4.14. The number of carbonyl (C=O) groups is 1. The number of ether oxygens (including phenoxy) is 2. The number of esters is 1. The highest BCUT2D eigenvalue weighted by Crippen LogP contribution is 2.23. The molecule has 0 aliphatic rings. The summed E-state index contributed by atoms with van der Waals surface area (Å²) in [4.78, 5) is 11.2. The fraction of sp³-hybridized carbons (Fsp3) is 0.357. The van der Waals surface area contributed by atoms with E-state index in [1.54, 1.807) is 0 Å². The van der Waals surface area contributed by atoms with E-state index in [-0.39, 0.29) is 18.0 Å². The van der Waals surface area contributed by atoms with E-state index in [0.29, 0.717) is 17.7 Å². The first-order chi connectivity index (χ1) is 9.94. The summed E-state index contributed by atoms with van der Waals surface area (Å²) in [5.74, 6) is -0.0352. The predicted molar refractivity (Wildman–Crippen MR) is 78.7 cm³/mol. The molecule has 6 nitrogen and oxygen atoms in total. The molecule has 1 N–H and O–H groups in total. The summed E-state index contributed by atoms with van der Waals surface area (Å²) in [6.07, 6.45) is 2.04. The third-order valence-electron chi connectivity index (χ3n) is 2.71. The smallest absolute Gasteiger partial charge is 0.343 e. The minimum atomic E-state index is -3.58. The van der Waals surface area contributed by atoms with Gasteiger partial charge in [0.15, 0.2) is 6.61 Å². The number of sulfonamides is 1. The first kappa shape index (κ1) is 17.2. The van der Waals surface area contributed by atoms with Crippen LogP contribution < -0.4 is 9.46 Å². The van der Waals surface area contributed by atoms with Gasteiger partial charge in [0.2, 0.25) is 10.0 Å². The van der Waals surface area contributed by atoms with Gasteiger partial charge in [-0.05, 0) is 30.2 Å². The minimum Gasteiger partial charge on any atom is -0.482 e. The molecule has 0 bridgehead atoms. The van der Waals surface area contributed by atoms with Gasteiger partial charge in [0.1, 0.15) is 5.75 Å². The summed E-state index contributed by atoms with van der Waals surface area (Å²) in [6.45, 7) is 5.27. The molecular weight excluding hydrogens is 294 g/mol. The number of carbonyl (C=O) groups excluding carboxylic acids is 1. The van der Waals surface area contributed by atoms with E-state index < -0.39 is 16.0 Å². The van der Waals surface area contributed by atoms with Crippen LogP contribution in [0.2, 0.25) is 0 Å². The molecule has 7 heteroatoms. The second kappa shape index (κ2) is 7.80. The number of benzene rings is 1. The van der Waals surface area contributed by atoms with Gasteiger partial charge < -0.3 is 9.47 Å². The van der Waals surface area contributed by atoms with Gasteiger partial charge in [-0.3, -0.25) is 0 Å². The highest BCUT2D eigenvalue weighted by Gasteiger charge is 2.15. The van der Waals surface area contributed by atoms with Crippen LogP contribution in [0.4, 0.5) is 0 Å². The molecule has 0 aliphatic heterocycles. The molecule has 0 fully saturated rings. The highest BCUT2D eigenvalue weighted by molar-refractivity contribution is 7.89. The molecule has 0 aromatic heterocycles. The molecule has 21 heavy (non-hydrogen) atoms. The summed E-state index contributed by atoms with van der Waals surface area (Å²) >= 11 is 0. The van der Waals surface area contributed by atoms with Crippen molar-refractivity contribution in [1.82, 2.24) is 4.72 Å². The molecule has 0 amide bonds. The second-order valence-corrected chi connectivity index (χ2v) is 5.90. The van der Waals surface area contributed by atoms with Crippen molar-refractivity contribution < 1.29 is 22.7 Å². The number of hydrogen-bond acceptors (Lipinski definition) is 5. The number of aryl methyl sites for hydroxylation is 1. The summed E-state index contributed by atoms with van der Waals surface area (Å²) in [5.41, 5.74) is 0.695. The van der Waals surface area contributed by atoms with E-state index in [0.717, 1.165) is 0 Å².